The molecule has 28 heavy (non-hydrogen) atoms. The molecule has 10 nitrogen and oxygen atoms in total. The summed E-state index contributed by atoms with van der Waals surface area (Å²) in [6.45, 7) is 4.94. The van der Waals surface area contributed by atoms with E-state index >= 15 is 0 Å². The number of nitro benzene ring substituents is 1. The molecule has 0 unspecified atom stereocenters. The molecule has 0 atom stereocenters. The molecule has 0 radical (unpaired) electrons. The lowest BCUT2D eigenvalue weighted by Gasteiger charge is -2.32. The van der Waals surface area contributed by atoms with Crippen LogP contribution in [0.2, 0.25) is 0 Å². The number of nitrogens with zero attached hydrogens (tertiary/aromatic N) is 4. The SMILES string of the molecule is CN1CCN(CCCNC(=O)CN(c2cccc([N+](=O)[O-])c2)S(C)(=O)=O)CC1. The predicted octanol–water partition coefficient (Wildman–Crippen LogP) is 0.115. The van der Waals surface area contributed by atoms with E-state index in [-0.39, 0.29) is 11.4 Å². The summed E-state index contributed by atoms with van der Waals surface area (Å²) in [6, 6.07) is 5.22. The van der Waals surface area contributed by atoms with Crippen LogP contribution >= 0.6 is 0 Å². The van der Waals surface area contributed by atoms with Crippen molar-refractivity contribution >= 4 is 27.3 Å². The van der Waals surface area contributed by atoms with Crippen LogP contribution in [0.25, 0.3) is 0 Å². The number of hydrogen-bond acceptors (Lipinski definition) is 7. The molecule has 1 fully saturated rings. The van der Waals surface area contributed by atoms with E-state index in [0.717, 1.165) is 55.8 Å². The highest BCUT2D eigenvalue weighted by Gasteiger charge is 2.22. The molecule has 0 spiro atoms. The van der Waals surface area contributed by atoms with Gasteiger partial charge in [0.15, 0.2) is 0 Å². The van der Waals surface area contributed by atoms with Crippen molar-refractivity contribution in [2.75, 3.05) is 63.4 Å². The Labute approximate surface area is 165 Å². The Hall–Kier alpha value is -2.24. The number of nitrogens with one attached hydrogen (secondary N) is 1. The first kappa shape index (κ1) is 22.1. The van der Waals surface area contributed by atoms with Crippen LogP contribution in [0.5, 0.6) is 0 Å². The average molecular weight is 414 g/mol. The van der Waals surface area contributed by atoms with Gasteiger partial charge in [0.1, 0.15) is 6.54 Å². The van der Waals surface area contributed by atoms with Gasteiger partial charge in [-0.3, -0.25) is 19.2 Å². The normalized spacial score (nSPS) is 15.9. The van der Waals surface area contributed by atoms with E-state index < -0.39 is 27.4 Å². The second kappa shape index (κ2) is 9.80. The number of carbonyl (C=O) groups excluding carboxylic acids is 1. The summed E-state index contributed by atoms with van der Waals surface area (Å²) >= 11 is 0. The highest BCUT2D eigenvalue weighted by molar-refractivity contribution is 7.92. The largest absolute Gasteiger partial charge is 0.354 e. The van der Waals surface area contributed by atoms with Crippen molar-refractivity contribution in [2.24, 2.45) is 0 Å². The minimum atomic E-state index is -3.77. The van der Waals surface area contributed by atoms with Crippen molar-refractivity contribution in [3.05, 3.63) is 34.4 Å². The second-order valence-electron chi connectivity index (χ2n) is 6.90. The number of rotatable bonds is 9. The lowest BCUT2D eigenvalue weighted by molar-refractivity contribution is -0.384. The zero-order valence-electron chi connectivity index (χ0n) is 16.2. The fourth-order valence-corrected chi connectivity index (χ4v) is 3.80. The molecule has 1 aliphatic heterocycles. The Kier molecular flexibility index (Phi) is 7.72. The van der Waals surface area contributed by atoms with Gasteiger partial charge in [0.25, 0.3) is 5.69 Å². The van der Waals surface area contributed by atoms with Crippen molar-refractivity contribution in [1.29, 1.82) is 0 Å². The molecule has 0 bridgehead atoms. The number of piperazine rings is 1. The first-order valence-electron chi connectivity index (χ1n) is 9.06. The van der Waals surface area contributed by atoms with Gasteiger partial charge in [-0.15, -0.1) is 0 Å². The summed E-state index contributed by atoms with van der Waals surface area (Å²) in [7, 11) is -1.68. The molecule has 1 aromatic carbocycles. The number of hydrogen-bond donors (Lipinski definition) is 1. The number of non-ortho nitro benzene ring substituents is 1. The Morgan fingerprint density at radius 1 is 1.29 bits per heavy atom. The highest BCUT2D eigenvalue weighted by atomic mass is 32.2. The summed E-state index contributed by atoms with van der Waals surface area (Å²) in [5.41, 5.74) is -0.150. The van der Waals surface area contributed by atoms with Crippen LogP contribution in [0.1, 0.15) is 6.42 Å². The van der Waals surface area contributed by atoms with E-state index in [2.05, 4.69) is 22.2 Å². The van der Waals surface area contributed by atoms with Crippen LogP contribution in [0.4, 0.5) is 11.4 Å². The third-order valence-electron chi connectivity index (χ3n) is 4.59. The molecule has 11 heteroatoms. The van der Waals surface area contributed by atoms with Crippen molar-refractivity contribution in [2.45, 2.75) is 6.42 Å². The van der Waals surface area contributed by atoms with Gasteiger partial charge in [-0.05, 0) is 26.1 Å². The molecule has 1 aliphatic rings. The number of anilines is 1. The Bertz CT molecular complexity index is 793. The quantitative estimate of drug-likeness (QED) is 0.347. The molecule has 0 aliphatic carbocycles. The van der Waals surface area contributed by atoms with Crippen LogP contribution in [0, 0.1) is 10.1 Å². The molecule has 0 saturated carbocycles. The van der Waals surface area contributed by atoms with Crippen LogP contribution in [0.15, 0.2) is 24.3 Å². The lowest BCUT2D eigenvalue weighted by atomic mass is 10.3. The van der Waals surface area contributed by atoms with E-state index in [1.54, 1.807) is 0 Å². The Morgan fingerprint density at radius 2 is 1.96 bits per heavy atom. The first-order valence-corrected chi connectivity index (χ1v) is 10.9. The topological polar surface area (TPSA) is 116 Å². The fourth-order valence-electron chi connectivity index (χ4n) is 2.95. The van der Waals surface area contributed by atoms with Crippen molar-refractivity contribution in [3.63, 3.8) is 0 Å². The van der Waals surface area contributed by atoms with Gasteiger partial charge in [0, 0.05) is 44.9 Å². The molecule has 1 amide bonds. The van der Waals surface area contributed by atoms with E-state index in [1.807, 2.05) is 0 Å². The Balaban J connectivity index is 1.88. The van der Waals surface area contributed by atoms with Crippen LogP contribution < -0.4 is 9.62 Å². The Morgan fingerprint density at radius 3 is 2.57 bits per heavy atom. The first-order chi connectivity index (χ1) is 13.2. The van der Waals surface area contributed by atoms with Crippen molar-refractivity contribution in [1.82, 2.24) is 15.1 Å². The van der Waals surface area contributed by atoms with Gasteiger partial charge < -0.3 is 15.1 Å². The number of carbonyl (C=O) groups is 1. The van der Waals surface area contributed by atoms with Gasteiger partial charge in [0.2, 0.25) is 15.9 Å². The summed E-state index contributed by atoms with van der Waals surface area (Å²) in [4.78, 5) is 27.1. The van der Waals surface area contributed by atoms with E-state index in [0.29, 0.717) is 6.54 Å². The maximum Gasteiger partial charge on any atom is 0.271 e. The molecule has 1 N–H and O–H groups in total. The molecular formula is C17H27N5O5S. The van der Waals surface area contributed by atoms with Gasteiger partial charge in [-0.2, -0.15) is 0 Å². The molecule has 2 rings (SSSR count). The van der Waals surface area contributed by atoms with Gasteiger partial charge in [-0.25, -0.2) is 8.42 Å². The van der Waals surface area contributed by atoms with Crippen LogP contribution in [-0.2, 0) is 14.8 Å². The number of likely N-dealkylation sites (N-methyl/N-ethyl adjacent to an activating group) is 1. The molecule has 1 heterocycles. The van der Waals surface area contributed by atoms with Gasteiger partial charge >= 0.3 is 0 Å². The zero-order valence-corrected chi connectivity index (χ0v) is 17.0. The third-order valence-corrected chi connectivity index (χ3v) is 5.73. The molecule has 0 aromatic heterocycles. The number of benzene rings is 1. The molecular weight excluding hydrogens is 386 g/mol. The number of sulfonamides is 1. The summed E-state index contributed by atoms with van der Waals surface area (Å²) in [5, 5.41) is 13.6. The predicted molar refractivity (Wildman–Crippen MR) is 107 cm³/mol. The third kappa shape index (κ3) is 6.73. The maximum atomic E-state index is 12.2. The molecule has 156 valence electrons. The standard InChI is InChI=1S/C17H27N5O5S/c1-19-9-11-20(12-10-19)8-4-7-18-17(23)14-21(28(2,26)27)15-5-3-6-16(13-15)22(24)25/h3,5-6,13H,4,7-12,14H2,1-2H3,(H,18,23). The second-order valence-corrected chi connectivity index (χ2v) is 8.80. The number of amides is 1. The lowest BCUT2D eigenvalue weighted by Crippen LogP contribution is -2.45. The monoisotopic (exact) mass is 413 g/mol. The molecule has 1 aromatic rings. The van der Waals surface area contributed by atoms with E-state index in [4.69, 9.17) is 0 Å². The van der Waals surface area contributed by atoms with Crippen molar-refractivity contribution in [3.8, 4) is 0 Å². The van der Waals surface area contributed by atoms with Crippen molar-refractivity contribution < 1.29 is 18.1 Å². The average Bonchev–Trinajstić information content (AvgIpc) is 2.64. The van der Waals surface area contributed by atoms with E-state index in [1.165, 1.54) is 18.2 Å². The van der Waals surface area contributed by atoms with Gasteiger partial charge in [0.05, 0.1) is 16.9 Å². The van der Waals surface area contributed by atoms with E-state index in [9.17, 15) is 23.3 Å². The maximum absolute atomic E-state index is 12.2. The zero-order chi connectivity index (χ0) is 20.7. The minimum absolute atomic E-state index is 0.0873. The smallest absolute Gasteiger partial charge is 0.271 e. The van der Waals surface area contributed by atoms with Gasteiger partial charge in [-0.1, -0.05) is 6.07 Å². The summed E-state index contributed by atoms with van der Waals surface area (Å²) in [6.07, 6.45) is 1.73. The highest BCUT2D eigenvalue weighted by Crippen LogP contribution is 2.22. The fraction of sp³-hybridized carbons (Fsp3) is 0.588. The minimum Gasteiger partial charge on any atom is -0.354 e. The van der Waals surface area contributed by atoms with Crippen LogP contribution in [0.3, 0.4) is 0 Å². The number of nitro groups is 1. The summed E-state index contributed by atoms with van der Waals surface area (Å²) in [5.74, 6) is -0.449. The molecule has 1 saturated heterocycles. The summed E-state index contributed by atoms with van der Waals surface area (Å²) < 4.78 is 25.0. The van der Waals surface area contributed by atoms with Crippen LogP contribution in [-0.4, -0.2) is 88.2 Å².